The van der Waals surface area contributed by atoms with E-state index in [2.05, 4.69) is 4.98 Å². The zero-order valence-corrected chi connectivity index (χ0v) is 8.54. The van der Waals surface area contributed by atoms with Crippen molar-refractivity contribution in [2.24, 2.45) is 0 Å². The van der Waals surface area contributed by atoms with Crippen molar-refractivity contribution in [2.75, 3.05) is 0 Å². The smallest absolute Gasteiger partial charge is 0.140 e. The highest BCUT2D eigenvalue weighted by molar-refractivity contribution is 5.92. The van der Waals surface area contributed by atoms with Crippen LogP contribution in [0.4, 0.5) is 0 Å². The second kappa shape index (κ2) is 3.38. The molecular weight excluding hydrogens is 200 g/mol. The summed E-state index contributed by atoms with van der Waals surface area (Å²) >= 11 is 0. The molecular formula is C13H10N2O. The van der Waals surface area contributed by atoms with Crippen LogP contribution in [0, 0.1) is 0 Å². The van der Waals surface area contributed by atoms with Crippen molar-refractivity contribution in [2.45, 2.75) is 0 Å². The summed E-state index contributed by atoms with van der Waals surface area (Å²) in [7, 11) is 0. The summed E-state index contributed by atoms with van der Waals surface area (Å²) < 4.78 is 1.82. The Balaban J connectivity index is 2.42. The van der Waals surface area contributed by atoms with Crippen LogP contribution in [0.2, 0.25) is 0 Å². The van der Waals surface area contributed by atoms with E-state index in [1.54, 1.807) is 18.6 Å². The van der Waals surface area contributed by atoms with Crippen LogP contribution >= 0.6 is 0 Å². The van der Waals surface area contributed by atoms with Crippen molar-refractivity contribution in [3.8, 4) is 11.4 Å². The Hall–Kier alpha value is -2.29. The summed E-state index contributed by atoms with van der Waals surface area (Å²) in [6.45, 7) is 0. The molecule has 3 heteroatoms. The summed E-state index contributed by atoms with van der Waals surface area (Å²) in [5.74, 6) is 0.261. The molecule has 16 heavy (non-hydrogen) atoms. The third-order valence-corrected chi connectivity index (χ3v) is 2.64. The summed E-state index contributed by atoms with van der Waals surface area (Å²) in [6, 6.07) is 11.6. The standard InChI is InChI=1S/C13H10N2O/c16-12-6-5-10-3-1-2-4-11(10)13(12)15-8-7-14-9-15/h1-9,16H. The average molecular weight is 210 g/mol. The molecule has 0 unspecified atom stereocenters. The number of imidazole rings is 1. The molecule has 0 aliphatic carbocycles. The van der Waals surface area contributed by atoms with Gasteiger partial charge in [-0.3, -0.25) is 0 Å². The lowest BCUT2D eigenvalue weighted by Gasteiger charge is -2.09. The Kier molecular flexibility index (Phi) is 1.90. The summed E-state index contributed by atoms with van der Waals surface area (Å²) in [4.78, 5) is 4.00. The maximum absolute atomic E-state index is 9.93. The monoisotopic (exact) mass is 210 g/mol. The zero-order chi connectivity index (χ0) is 11.0. The van der Waals surface area contributed by atoms with Gasteiger partial charge in [0.05, 0.1) is 12.0 Å². The number of aromatic hydroxyl groups is 1. The Morgan fingerprint density at radius 1 is 1.06 bits per heavy atom. The third-order valence-electron chi connectivity index (χ3n) is 2.64. The molecule has 78 valence electrons. The van der Waals surface area contributed by atoms with Gasteiger partial charge in [-0.25, -0.2) is 4.98 Å². The van der Waals surface area contributed by atoms with Crippen molar-refractivity contribution in [1.29, 1.82) is 0 Å². The van der Waals surface area contributed by atoms with Crippen LogP contribution in [0.25, 0.3) is 16.5 Å². The predicted molar refractivity (Wildman–Crippen MR) is 62.7 cm³/mol. The molecule has 0 fully saturated rings. The second-order valence-electron chi connectivity index (χ2n) is 3.62. The Morgan fingerprint density at radius 3 is 2.75 bits per heavy atom. The zero-order valence-electron chi connectivity index (χ0n) is 8.54. The molecule has 0 radical (unpaired) electrons. The minimum absolute atomic E-state index is 0.261. The van der Waals surface area contributed by atoms with E-state index in [0.717, 1.165) is 16.5 Å². The normalized spacial score (nSPS) is 10.8. The van der Waals surface area contributed by atoms with Gasteiger partial charge < -0.3 is 9.67 Å². The lowest BCUT2D eigenvalue weighted by Crippen LogP contribution is -1.92. The highest BCUT2D eigenvalue weighted by atomic mass is 16.3. The largest absolute Gasteiger partial charge is 0.506 e. The van der Waals surface area contributed by atoms with Gasteiger partial charge >= 0.3 is 0 Å². The Morgan fingerprint density at radius 2 is 1.94 bits per heavy atom. The molecule has 3 nitrogen and oxygen atoms in total. The van der Waals surface area contributed by atoms with E-state index >= 15 is 0 Å². The lowest BCUT2D eigenvalue weighted by molar-refractivity contribution is 0.473. The first-order valence-electron chi connectivity index (χ1n) is 5.05. The van der Waals surface area contributed by atoms with Crippen molar-refractivity contribution in [3.05, 3.63) is 55.1 Å². The van der Waals surface area contributed by atoms with Crippen LogP contribution in [0.15, 0.2) is 55.1 Å². The van der Waals surface area contributed by atoms with Crippen molar-refractivity contribution < 1.29 is 5.11 Å². The lowest BCUT2D eigenvalue weighted by atomic mass is 10.1. The van der Waals surface area contributed by atoms with Gasteiger partial charge in [-0.2, -0.15) is 0 Å². The first kappa shape index (κ1) is 8.97. The van der Waals surface area contributed by atoms with E-state index in [1.807, 2.05) is 41.1 Å². The maximum atomic E-state index is 9.93. The van der Waals surface area contributed by atoms with E-state index in [9.17, 15) is 5.11 Å². The van der Waals surface area contributed by atoms with Crippen LogP contribution in [-0.4, -0.2) is 14.7 Å². The molecule has 0 saturated carbocycles. The molecule has 1 aromatic heterocycles. The molecule has 1 heterocycles. The fraction of sp³-hybridized carbons (Fsp3) is 0. The van der Waals surface area contributed by atoms with Crippen molar-refractivity contribution >= 4 is 10.8 Å². The first-order chi connectivity index (χ1) is 7.86. The van der Waals surface area contributed by atoms with Crippen LogP contribution in [0.1, 0.15) is 0 Å². The van der Waals surface area contributed by atoms with E-state index in [1.165, 1.54) is 0 Å². The Labute approximate surface area is 92.6 Å². The predicted octanol–water partition coefficient (Wildman–Crippen LogP) is 2.73. The second-order valence-corrected chi connectivity index (χ2v) is 3.62. The third kappa shape index (κ3) is 1.26. The van der Waals surface area contributed by atoms with Gasteiger partial charge in [-0.1, -0.05) is 30.3 Å². The number of phenolic OH excluding ortho intramolecular Hbond substituents is 1. The molecule has 1 N–H and O–H groups in total. The Bertz CT molecular complexity index is 629. The van der Waals surface area contributed by atoms with Crippen LogP contribution in [-0.2, 0) is 0 Å². The molecule has 2 aromatic carbocycles. The number of rotatable bonds is 1. The van der Waals surface area contributed by atoms with Crippen LogP contribution in [0.5, 0.6) is 5.75 Å². The number of benzene rings is 2. The summed E-state index contributed by atoms with van der Waals surface area (Å²) in [5.41, 5.74) is 0.774. The topological polar surface area (TPSA) is 38.0 Å². The maximum Gasteiger partial charge on any atom is 0.140 e. The molecule has 0 aliphatic rings. The SMILES string of the molecule is Oc1ccc2ccccc2c1-n1ccnc1. The van der Waals surface area contributed by atoms with Crippen molar-refractivity contribution in [1.82, 2.24) is 9.55 Å². The number of fused-ring (bicyclic) bond motifs is 1. The van der Waals surface area contributed by atoms with E-state index in [-0.39, 0.29) is 5.75 Å². The average Bonchev–Trinajstić information content (AvgIpc) is 2.82. The highest BCUT2D eigenvalue weighted by Crippen LogP contribution is 2.30. The minimum Gasteiger partial charge on any atom is -0.506 e. The van der Waals surface area contributed by atoms with Crippen LogP contribution in [0.3, 0.4) is 0 Å². The van der Waals surface area contributed by atoms with Gasteiger partial charge in [0.15, 0.2) is 0 Å². The van der Waals surface area contributed by atoms with Crippen molar-refractivity contribution in [3.63, 3.8) is 0 Å². The summed E-state index contributed by atoms with van der Waals surface area (Å²) in [5, 5.41) is 12.0. The first-order valence-corrected chi connectivity index (χ1v) is 5.05. The molecule has 0 atom stereocenters. The molecule has 0 amide bonds. The van der Waals surface area contributed by atoms with Gasteiger partial charge in [0.25, 0.3) is 0 Å². The minimum atomic E-state index is 0.261. The van der Waals surface area contributed by atoms with Gasteiger partial charge in [-0.05, 0) is 11.5 Å². The van der Waals surface area contributed by atoms with E-state index < -0.39 is 0 Å². The highest BCUT2D eigenvalue weighted by Gasteiger charge is 2.07. The van der Waals surface area contributed by atoms with E-state index in [4.69, 9.17) is 0 Å². The quantitative estimate of drug-likeness (QED) is 0.670. The number of aromatic nitrogens is 2. The number of phenols is 1. The molecule has 0 saturated heterocycles. The molecule has 3 rings (SSSR count). The van der Waals surface area contributed by atoms with Gasteiger partial charge in [0.2, 0.25) is 0 Å². The fourth-order valence-corrected chi connectivity index (χ4v) is 1.91. The summed E-state index contributed by atoms with van der Waals surface area (Å²) in [6.07, 6.45) is 5.20. The molecule has 0 spiro atoms. The molecule has 0 aliphatic heterocycles. The fourth-order valence-electron chi connectivity index (χ4n) is 1.91. The molecule has 0 bridgehead atoms. The number of hydrogen-bond acceptors (Lipinski definition) is 2. The number of hydrogen-bond donors (Lipinski definition) is 1. The van der Waals surface area contributed by atoms with Gasteiger partial charge in [0.1, 0.15) is 5.75 Å². The molecule has 3 aromatic rings. The van der Waals surface area contributed by atoms with Gasteiger partial charge in [0, 0.05) is 17.8 Å². The van der Waals surface area contributed by atoms with E-state index in [0.29, 0.717) is 0 Å². The van der Waals surface area contributed by atoms with Crippen LogP contribution < -0.4 is 0 Å². The van der Waals surface area contributed by atoms with Gasteiger partial charge in [-0.15, -0.1) is 0 Å². The number of nitrogens with zero attached hydrogens (tertiary/aromatic N) is 2.